The smallest absolute Gasteiger partial charge is 0.146 e. The number of carbonyl (C=O) groups excluding carboxylic acids is 1. The Kier molecular flexibility index (Phi) is 24.9. The molecule has 0 saturated heterocycles. The van der Waals surface area contributed by atoms with Gasteiger partial charge in [-0.15, -0.1) is 0 Å². The second-order valence-electron chi connectivity index (χ2n) is 2.03. The summed E-state index contributed by atoms with van der Waals surface area (Å²) in [5.41, 5.74) is 5.25. The van der Waals surface area contributed by atoms with Crippen LogP contribution in [0.25, 0.3) is 0 Å². The van der Waals surface area contributed by atoms with Gasteiger partial charge in [-0.1, -0.05) is 27.7 Å². The molecule has 0 aromatic carbocycles. The SMILES string of the molecule is CC.CC.CNC(CCN)C(C)=O. The summed E-state index contributed by atoms with van der Waals surface area (Å²) in [6.07, 6.45) is 0.728. The molecule has 3 N–H and O–H groups in total. The van der Waals surface area contributed by atoms with E-state index in [9.17, 15) is 4.79 Å². The van der Waals surface area contributed by atoms with Crippen molar-refractivity contribution in [2.24, 2.45) is 5.73 Å². The number of rotatable bonds is 4. The van der Waals surface area contributed by atoms with Crippen LogP contribution in [0.4, 0.5) is 0 Å². The monoisotopic (exact) mass is 190 g/mol. The maximum atomic E-state index is 10.6. The Morgan fingerprint density at radius 1 is 1.31 bits per heavy atom. The third-order valence-electron chi connectivity index (χ3n) is 1.29. The van der Waals surface area contributed by atoms with E-state index in [0.717, 1.165) is 6.42 Å². The molecule has 0 aliphatic rings. The van der Waals surface area contributed by atoms with E-state index in [1.807, 2.05) is 27.7 Å². The standard InChI is InChI=1S/C6H14N2O.2C2H6/c1-5(9)6(8-2)3-4-7;2*1-2/h6,8H,3-4,7H2,1-2H3;2*1-2H3. The Morgan fingerprint density at radius 3 is 1.77 bits per heavy atom. The summed E-state index contributed by atoms with van der Waals surface area (Å²) in [6.45, 7) is 10.1. The zero-order valence-corrected chi connectivity index (χ0v) is 9.98. The molecule has 1 atom stereocenters. The number of nitrogens with two attached hydrogens (primary N) is 1. The largest absolute Gasteiger partial charge is 0.330 e. The molecule has 3 heteroatoms. The molecule has 0 rings (SSSR count). The minimum Gasteiger partial charge on any atom is -0.330 e. The van der Waals surface area contributed by atoms with Crippen LogP contribution in [0.1, 0.15) is 41.0 Å². The van der Waals surface area contributed by atoms with E-state index in [2.05, 4.69) is 5.32 Å². The molecule has 3 nitrogen and oxygen atoms in total. The molecule has 0 aliphatic heterocycles. The molecule has 1 unspecified atom stereocenters. The maximum Gasteiger partial charge on any atom is 0.146 e. The highest BCUT2D eigenvalue weighted by Crippen LogP contribution is 1.88. The normalized spacial score (nSPS) is 10.1. The van der Waals surface area contributed by atoms with Crippen molar-refractivity contribution >= 4 is 5.78 Å². The van der Waals surface area contributed by atoms with Crippen LogP contribution in [0.2, 0.25) is 0 Å². The van der Waals surface area contributed by atoms with Crippen LogP contribution in [0, 0.1) is 0 Å². The number of carbonyl (C=O) groups is 1. The predicted octanol–water partition coefficient (Wildman–Crippen LogP) is 1.56. The molecule has 0 saturated carbocycles. The number of likely N-dealkylation sites (N-methyl/N-ethyl adjacent to an activating group) is 1. The minimum absolute atomic E-state index is 0.0463. The van der Waals surface area contributed by atoms with E-state index in [-0.39, 0.29) is 11.8 Å². The van der Waals surface area contributed by atoms with Crippen LogP contribution in [-0.4, -0.2) is 25.4 Å². The van der Waals surface area contributed by atoms with E-state index < -0.39 is 0 Å². The number of hydrogen-bond acceptors (Lipinski definition) is 3. The zero-order valence-electron chi connectivity index (χ0n) is 9.98. The van der Waals surface area contributed by atoms with Gasteiger partial charge in [0.1, 0.15) is 5.78 Å². The molecule has 0 bridgehead atoms. The van der Waals surface area contributed by atoms with Gasteiger partial charge in [-0.05, 0) is 26.9 Å². The van der Waals surface area contributed by atoms with E-state index in [1.54, 1.807) is 14.0 Å². The van der Waals surface area contributed by atoms with Crippen LogP contribution < -0.4 is 11.1 Å². The predicted molar refractivity (Wildman–Crippen MR) is 59.9 cm³/mol. The van der Waals surface area contributed by atoms with Gasteiger partial charge in [0, 0.05) is 0 Å². The van der Waals surface area contributed by atoms with Crippen molar-refractivity contribution in [3.63, 3.8) is 0 Å². The van der Waals surface area contributed by atoms with Crippen molar-refractivity contribution in [2.75, 3.05) is 13.6 Å². The molecular weight excluding hydrogens is 164 g/mol. The summed E-state index contributed by atoms with van der Waals surface area (Å²) in [5, 5.41) is 2.87. The third kappa shape index (κ3) is 14.4. The molecule has 82 valence electrons. The van der Waals surface area contributed by atoms with Gasteiger partial charge in [-0.2, -0.15) is 0 Å². The summed E-state index contributed by atoms with van der Waals surface area (Å²) < 4.78 is 0. The van der Waals surface area contributed by atoms with Gasteiger partial charge >= 0.3 is 0 Å². The van der Waals surface area contributed by atoms with Gasteiger partial charge in [0.05, 0.1) is 6.04 Å². The fourth-order valence-electron chi connectivity index (χ4n) is 0.718. The van der Waals surface area contributed by atoms with Crippen LogP contribution in [0.15, 0.2) is 0 Å². The van der Waals surface area contributed by atoms with E-state index >= 15 is 0 Å². The van der Waals surface area contributed by atoms with Gasteiger partial charge in [-0.25, -0.2) is 0 Å². The van der Waals surface area contributed by atoms with E-state index in [0.29, 0.717) is 6.54 Å². The highest BCUT2D eigenvalue weighted by atomic mass is 16.1. The molecule has 0 amide bonds. The van der Waals surface area contributed by atoms with Crippen molar-refractivity contribution in [3.05, 3.63) is 0 Å². The van der Waals surface area contributed by atoms with Crippen molar-refractivity contribution in [1.82, 2.24) is 5.32 Å². The maximum absolute atomic E-state index is 10.6. The van der Waals surface area contributed by atoms with E-state index in [4.69, 9.17) is 5.73 Å². The van der Waals surface area contributed by atoms with Crippen molar-refractivity contribution in [3.8, 4) is 0 Å². The first-order valence-corrected chi connectivity index (χ1v) is 5.10. The van der Waals surface area contributed by atoms with Gasteiger partial charge in [0.25, 0.3) is 0 Å². The van der Waals surface area contributed by atoms with Gasteiger partial charge < -0.3 is 11.1 Å². The highest BCUT2D eigenvalue weighted by molar-refractivity contribution is 5.81. The lowest BCUT2D eigenvalue weighted by atomic mass is 10.1. The lowest BCUT2D eigenvalue weighted by Gasteiger charge is -2.09. The molecular formula is C10H26N2O. The Labute approximate surface area is 83.1 Å². The molecule has 0 aliphatic carbocycles. The summed E-state index contributed by atoms with van der Waals surface area (Å²) >= 11 is 0. The topological polar surface area (TPSA) is 55.1 Å². The van der Waals surface area contributed by atoms with Crippen LogP contribution in [0.3, 0.4) is 0 Å². The summed E-state index contributed by atoms with van der Waals surface area (Å²) in [6, 6.07) is -0.0463. The number of hydrogen-bond donors (Lipinski definition) is 2. The fourth-order valence-corrected chi connectivity index (χ4v) is 0.718. The summed E-state index contributed by atoms with van der Waals surface area (Å²) in [7, 11) is 1.77. The quantitative estimate of drug-likeness (QED) is 0.707. The molecule has 0 fully saturated rings. The molecule has 13 heavy (non-hydrogen) atoms. The average Bonchev–Trinajstić information content (AvgIpc) is 2.20. The Morgan fingerprint density at radius 2 is 1.69 bits per heavy atom. The lowest BCUT2D eigenvalue weighted by Crippen LogP contribution is -2.34. The van der Waals surface area contributed by atoms with Crippen molar-refractivity contribution in [2.45, 2.75) is 47.1 Å². The molecule has 0 aromatic rings. The second-order valence-corrected chi connectivity index (χ2v) is 2.03. The molecule has 0 radical (unpaired) electrons. The van der Waals surface area contributed by atoms with Gasteiger partial charge in [0.15, 0.2) is 0 Å². The van der Waals surface area contributed by atoms with Crippen molar-refractivity contribution < 1.29 is 4.79 Å². The number of nitrogens with one attached hydrogen (secondary N) is 1. The van der Waals surface area contributed by atoms with Gasteiger partial charge in [-0.3, -0.25) is 4.79 Å². The molecule has 0 spiro atoms. The number of ketones is 1. The van der Waals surface area contributed by atoms with Crippen molar-refractivity contribution in [1.29, 1.82) is 0 Å². The Hall–Kier alpha value is -0.410. The van der Waals surface area contributed by atoms with Crippen LogP contribution in [-0.2, 0) is 4.79 Å². The fraction of sp³-hybridized carbons (Fsp3) is 0.900. The second kappa shape index (κ2) is 17.6. The first-order chi connectivity index (χ1) is 6.22. The van der Waals surface area contributed by atoms with Crippen LogP contribution in [0.5, 0.6) is 0 Å². The minimum atomic E-state index is -0.0463. The molecule has 0 aromatic heterocycles. The first-order valence-electron chi connectivity index (χ1n) is 5.10. The highest BCUT2D eigenvalue weighted by Gasteiger charge is 2.08. The third-order valence-corrected chi connectivity index (χ3v) is 1.29. The first kappa shape index (κ1) is 18.4. The van der Waals surface area contributed by atoms with E-state index in [1.165, 1.54) is 0 Å². The lowest BCUT2D eigenvalue weighted by molar-refractivity contribution is -0.118. The summed E-state index contributed by atoms with van der Waals surface area (Å²) in [4.78, 5) is 10.6. The average molecular weight is 190 g/mol. The Bertz CT molecular complexity index is 94.9. The Balaban J connectivity index is -0.000000218. The molecule has 0 heterocycles. The van der Waals surface area contributed by atoms with Gasteiger partial charge in [0.2, 0.25) is 0 Å². The van der Waals surface area contributed by atoms with Crippen LogP contribution >= 0.6 is 0 Å². The zero-order chi connectivity index (χ0) is 11.3. The number of Topliss-reactive ketones (excluding diaryl/α,β-unsaturated/α-hetero) is 1. The summed E-state index contributed by atoms with van der Waals surface area (Å²) in [5.74, 6) is 0.156.